The van der Waals surface area contributed by atoms with Gasteiger partial charge in [-0.3, -0.25) is 0 Å². The van der Waals surface area contributed by atoms with Gasteiger partial charge in [-0.05, 0) is 49.6 Å². The van der Waals surface area contributed by atoms with Crippen molar-refractivity contribution in [3.05, 3.63) is 46.8 Å². The highest BCUT2D eigenvalue weighted by Gasteiger charge is 2.08. The monoisotopic (exact) mass is 273 g/mol. The van der Waals surface area contributed by atoms with Gasteiger partial charge in [-0.15, -0.1) is 0 Å². The van der Waals surface area contributed by atoms with E-state index in [4.69, 9.17) is 22.7 Å². The van der Waals surface area contributed by atoms with Crippen LogP contribution in [-0.4, -0.2) is 15.0 Å². The molecule has 0 aliphatic carbocycles. The molecule has 0 amide bonds. The minimum atomic E-state index is 0.226. The first-order chi connectivity index (χ1) is 8.97. The third kappa shape index (κ3) is 3.06. The summed E-state index contributed by atoms with van der Waals surface area (Å²) in [6, 6.07) is 5.97. The maximum absolute atomic E-state index is 5.72. The number of nitrogens with two attached hydrogens (primary N) is 1. The zero-order valence-corrected chi connectivity index (χ0v) is 11.9. The average Bonchev–Trinajstić information content (AvgIpc) is 2.35. The van der Waals surface area contributed by atoms with E-state index in [1.807, 2.05) is 26.8 Å². The number of hydrogen-bond acceptors (Lipinski definition) is 4. The van der Waals surface area contributed by atoms with Crippen molar-refractivity contribution < 1.29 is 4.74 Å². The van der Waals surface area contributed by atoms with Crippen LogP contribution in [-0.2, 0) is 0 Å². The Morgan fingerprint density at radius 1 is 1.26 bits per heavy atom. The van der Waals surface area contributed by atoms with Crippen LogP contribution in [0.1, 0.15) is 22.4 Å². The molecule has 0 atom stereocenters. The Labute approximate surface area is 117 Å². The van der Waals surface area contributed by atoms with Crippen molar-refractivity contribution in [2.24, 2.45) is 5.73 Å². The van der Waals surface area contributed by atoms with E-state index in [0.717, 1.165) is 16.9 Å². The molecule has 0 aliphatic heterocycles. The fourth-order valence-electron chi connectivity index (χ4n) is 1.73. The Balaban J connectivity index is 2.36. The van der Waals surface area contributed by atoms with Crippen molar-refractivity contribution >= 4 is 17.2 Å². The van der Waals surface area contributed by atoms with Crippen LogP contribution in [0.15, 0.2) is 24.4 Å². The van der Waals surface area contributed by atoms with Crippen LogP contribution in [0.4, 0.5) is 0 Å². The standard InChI is InChI=1S/C14H15N3OS/c1-8-6-9(2)10(3)12(7-8)18-14-16-5-4-11(17-14)13(15)19/h4-7H,1-3H3,(H2,15,19). The molecule has 5 heteroatoms. The van der Waals surface area contributed by atoms with E-state index in [1.54, 1.807) is 12.3 Å². The molecule has 2 N–H and O–H groups in total. The molecule has 4 nitrogen and oxygen atoms in total. The van der Waals surface area contributed by atoms with Crippen LogP contribution in [0.3, 0.4) is 0 Å². The second kappa shape index (κ2) is 5.32. The number of nitrogens with zero attached hydrogens (tertiary/aromatic N) is 2. The van der Waals surface area contributed by atoms with Crippen molar-refractivity contribution in [1.29, 1.82) is 0 Å². The van der Waals surface area contributed by atoms with Gasteiger partial charge in [-0.1, -0.05) is 18.3 Å². The number of rotatable bonds is 3. The van der Waals surface area contributed by atoms with Crippen molar-refractivity contribution in [3.8, 4) is 11.8 Å². The van der Waals surface area contributed by atoms with Gasteiger partial charge in [-0.25, -0.2) is 4.98 Å². The largest absolute Gasteiger partial charge is 0.424 e. The number of hydrogen-bond donors (Lipinski definition) is 1. The summed E-state index contributed by atoms with van der Waals surface area (Å²) in [5.41, 5.74) is 9.40. The summed E-state index contributed by atoms with van der Waals surface area (Å²) in [6.45, 7) is 6.06. The van der Waals surface area contributed by atoms with Crippen molar-refractivity contribution in [2.45, 2.75) is 20.8 Å². The number of ether oxygens (including phenoxy) is 1. The first-order valence-corrected chi connectivity index (χ1v) is 6.27. The van der Waals surface area contributed by atoms with E-state index in [9.17, 15) is 0 Å². The third-order valence-electron chi connectivity index (χ3n) is 2.85. The smallest absolute Gasteiger partial charge is 0.322 e. The molecule has 0 bridgehead atoms. The van der Waals surface area contributed by atoms with E-state index in [2.05, 4.69) is 16.0 Å². The second-order valence-electron chi connectivity index (χ2n) is 4.40. The Hall–Kier alpha value is -2.01. The van der Waals surface area contributed by atoms with Gasteiger partial charge in [0.1, 0.15) is 16.4 Å². The van der Waals surface area contributed by atoms with Gasteiger partial charge in [0.2, 0.25) is 0 Å². The highest BCUT2D eigenvalue weighted by atomic mass is 32.1. The minimum Gasteiger partial charge on any atom is -0.424 e. The zero-order chi connectivity index (χ0) is 14.0. The second-order valence-corrected chi connectivity index (χ2v) is 4.84. The molecule has 19 heavy (non-hydrogen) atoms. The van der Waals surface area contributed by atoms with Crippen molar-refractivity contribution in [3.63, 3.8) is 0 Å². The number of thiocarbonyl (C=S) groups is 1. The molecule has 2 rings (SSSR count). The number of aryl methyl sites for hydroxylation is 2. The zero-order valence-electron chi connectivity index (χ0n) is 11.1. The van der Waals surface area contributed by atoms with Gasteiger partial charge in [-0.2, -0.15) is 4.98 Å². The van der Waals surface area contributed by atoms with E-state index in [1.165, 1.54) is 5.56 Å². The third-order valence-corrected chi connectivity index (χ3v) is 3.06. The minimum absolute atomic E-state index is 0.226. The van der Waals surface area contributed by atoms with Crippen LogP contribution in [0.25, 0.3) is 0 Å². The first kappa shape index (κ1) is 13.4. The molecular weight excluding hydrogens is 258 g/mol. The number of benzene rings is 1. The topological polar surface area (TPSA) is 61.0 Å². The van der Waals surface area contributed by atoms with Gasteiger partial charge in [0.05, 0.1) is 0 Å². The molecule has 98 valence electrons. The molecule has 0 radical (unpaired) electrons. The molecule has 0 fully saturated rings. The molecule has 0 spiro atoms. The molecule has 1 aromatic heterocycles. The summed E-state index contributed by atoms with van der Waals surface area (Å²) in [4.78, 5) is 8.46. The maximum atomic E-state index is 5.72. The Kier molecular flexibility index (Phi) is 3.76. The molecule has 2 aromatic rings. The fraction of sp³-hybridized carbons (Fsp3) is 0.214. The van der Waals surface area contributed by atoms with Gasteiger partial charge >= 0.3 is 6.01 Å². The van der Waals surface area contributed by atoms with E-state index in [0.29, 0.717) is 5.69 Å². The van der Waals surface area contributed by atoms with Gasteiger partial charge in [0.25, 0.3) is 0 Å². The normalized spacial score (nSPS) is 10.3. The van der Waals surface area contributed by atoms with Crippen molar-refractivity contribution in [2.75, 3.05) is 0 Å². The lowest BCUT2D eigenvalue weighted by atomic mass is 10.1. The van der Waals surface area contributed by atoms with Crippen molar-refractivity contribution in [1.82, 2.24) is 9.97 Å². The highest BCUT2D eigenvalue weighted by Crippen LogP contribution is 2.26. The fourth-order valence-corrected chi connectivity index (χ4v) is 1.85. The predicted octanol–water partition coefficient (Wildman–Crippen LogP) is 2.83. The molecular formula is C14H15N3OS. The molecule has 0 aliphatic rings. The SMILES string of the molecule is Cc1cc(C)c(C)c(Oc2nccc(C(N)=S)n2)c1. The molecule has 0 unspecified atom stereocenters. The summed E-state index contributed by atoms with van der Waals surface area (Å²) >= 11 is 4.89. The molecule has 1 heterocycles. The van der Waals surface area contributed by atoms with Crippen LogP contribution >= 0.6 is 12.2 Å². The van der Waals surface area contributed by atoms with Crippen LogP contribution in [0.2, 0.25) is 0 Å². The highest BCUT2D eigenvalue weighted by molar-refractivity contribution is 7.80. The Morgan fingerprint density at radius 3 is 2.68 bits per heavy atom. The molecule has 1 aromatic carbocycles. The van der Waals surface area contributed by atoms with Crippen LogP contribution in [0, 0.1) is 20.8 Å². The predicted molar refractivity (Wildman–Crippen MR) is 78.6 cm³/mol. The summed E-state index contributed by atoms with van der Waals surface area (Å²) < 4.78 is 5.72. The van der Waals surface area contributed by atoms with E-state index >= 15 is 0 Å². The summed E-state index contributed by atoms with van der Waals surface area (Å²) in [5, 5.41) is 0. The lowest BCUT2D eigenvalue weighted by molar-refractivity contribution is 0.437. The quantitative estimate of drug-likeness (QED) is 0.871. The lowest BCUT2D eigenvalue weighted by Gasteiger charge is -2.11. The lowest BCUT2D eigenvalue weighted by Crippen LogP contribution is -2.12. The Morgan fingerprint density at radius 2 is 2.00 bits per heavy atom. The van der Waals surface area contributed by atoms with Crippen LogP contribution < -0.4 is 10.5 Å². The van der Waals surface area contributed by atoms with Gasteiger partial charge < -0.3 is 10.5 Å². The molecule has 0 saturated heterocycles. The average molecular weight is 273 g/mol. The summed E-state index contributed by atoms with van der Waals surface area (Å²) in [7, 11) is 0. The summed E-state index contributed by atoms with van der Waals surface area (Å²) in [6.07, 6.45) is 1.58. The Bertz CT molecular complexity index is 641. The van der Waals surface area contributed by atoms with Gasteiger partial charge in [0, 0.05) is 6.20 Å². The number of aromatic nitrogens is 2. The van der Waals surface area contributed by atoms with E-state index < -0.39 is 0 Å². The van der Waals surface area contributed by atoms with Crippen LogP contribution in [0.5, 0.6) is 11.8 Å². The van der Waals surface area contributed by atoms with Gasteiger partial charge in [0.15, 0.2) is 0 Å². The van der Waals surface area contributed by atoms with E-state index in [-0.39, 0.29) is 11.0 Å². The maximum Gasteiger partial charge on any atom is 0.322 e. The molecule has 0 saturated carbocycles. The summed E-state index contributed by atoms with van der Waals surface area (Å²) in [5.74, 6) is 0.748. The first-order valence-electron chi connectivity index (χ1n) is 5.86.